The number of aromatic nitrogens is 1. The molecule has 0 saturated carbocycles. The quantitative estimate of drug-likeness (QED) is 0.594. The molecule has 1 aromatic carbocycles. The van der Waals surface area contributed by atoms with Crippen LogP contribution in [0.1, 0.15) is 16.7 Å². The summed E-state index contributed by atoms with van der Waals surface area (Å²) in [7, 11) is 1.77. The largest absolute Gasteiger partial charge is 0.367 e. The van der Waals surface area contributed by atoms with Crippen molar-refractivity contribution < 1.29 is 0 Å². The van der Waals surface area contributed by atoms with Gasteiger partial charge in [-0.3, -0.25) is 0 Å². The van der Waals surface area contributed by atoms with E-state index in [2.05, 4.69) is 33.1 Å². The second-order valence-corrected chi connectivity index (χ2v) is 5.49. The van der Waals surface area contributed by atoms with Crippen LogP contribution < -0.4 is 16.0 Å². The van der Waals surface area contributed by atoms with Crippen molar-refractivity contribution in [2.24, 2.45) is 0 Å². The lowest BCUT2D eigenvalue weighted by Gasteiger charge is -2.12. The highest BCUT2D eigenvalue weighted by Gasteiger charge is 2.08. The van der Waals surface area contributed by atoms with Gasteiger partial charge in [-0.15, -0.1) is 0 Å². The van der Waals surface area contributed by atoms with Crippen LogP contribution in [-0.2, 0) is 0 Å². The predicted molar refractivity (Wildman–Crippen MR) is 94.1 cm³/mol. The topological polar surface area (TPSA) is 72.8 Å². The molecule has 22 heavy (non-hydrogen) atoms. The first kappa shape index (κ1) is 16.0. The van der Waals surface area contributed by atoms with Crippen molar-refractivity contribution in [3.8, 4) is 6.07 Å². The Kier molecular flexibility index (Phi) is 5.12. The number of hydrogen-bond donors (Lipinski definition) is 3. The lowest BCUT2D eigenvalue weighted by atomic mass is 10.0. The zero-order chi connectivity index (χ0) is 16.1. The molecule has 1 aromatic heterocycles. The van der Waals surface area contributed by atoms with Gasteiger partial charge in [-0.2, -0.15) is 5.26 Å². The van der Waals surface area contributed by atoms with E-state index in [-0.39, 0.29) is 0 Å². The highest BCUT2D eigenvalue weighted by molar-refractivity contribution is 7.80. The number of nitrogens with zero attached hydrogens (tertiary/aromatic N) is 2. The van der Waals surface area contributed by atoms with Crippen LogP contribution in [0.25, 0.3) is 10.9 Å². The minimum Gasteiger partial charge on any atom is -0.367 e. The Morgan fingerprint density at radius 3 is 2.73 bits per heavy atom. The molecule has 0 atom stereocenters. The zero-order valence-electron chi connectivity index (χ0n) is 12.9. The number of pyridine rings is 1. The van der Waals surface area contributed by atoms with Gasteiger partial charge < -0.3 is 16.0 Å². The molecule has 0 aliphatic carbocycles. The van der Waals surface area contributed by atoms with Crippen molar-refractivity contribution in [2.45, 2.75) is 13.8 Å². The molecule has 0 unspecified atom stereocenters. The molecule has 0 fully saturated rings. The molecule has 0 aliphatic heterocycles. The van der Waals surface area contributed by atoms with E-state index in [1.165, 1.54) is 0 Å². The third-order valence-corrected chi connectivity index (χ3v) is 3.68. The Hall–Kier alpha value is -2.39. The van der Waals surface area contributed by atoms with Crippen molar-refractivity contribution in [2.75, 3.05) is 25.5 Å². The summed E-state index contributed by atoms with van der Waals surface area (Å²) in [5.74, 6) is 0.608. The van der Waals surface area contributed by atoms with Crippen molar-refractivity contribution in [3.05, 3.63) is 34.9 Å². The van der Waals surface area contributed by atoms with Crippen molar-refractivity contribution in [1.82, 2.24) is 15.6 Å². The molecule has 1 heterocycles. The van der Waals surface area contributed by atoms with Crippen LogP contribution in [0, 0.1) is 25.2 Å². The normalized spacial score (nSPS) is 10.1. The molecule has 114 valence electrons. The summed E-state index contributed by atoms with van der Waals surface area (Å²) in [6.45, 7) is 5.35. The first-order valence-electron chi connectivity index (χ1n) is 7.06. The summed E-state index contributed by atoms with van der Waals surface area (Å²) in [5, 5.41) is 20.0. The molecule has 6 heteroatoms. The van der Waals surface area contributed by atoms with Gasteiger partial charge in [0.2, 0.25) is 0 Å². The van der Waals surface area contributed by atoms with E-state index in [1.807, 2.05) is 26.0 Å². The highest BCUT2D eigenvalue weighted by atomic mass is 32.1. The molecule has 2 aromatic rings. The van der Waals surface area contributed by atoms with Gasteiger partial charge in [-0.1, -0.05) is 6.07 Å². The molecule has 0 saturated heterocycles. The summed E-state index contributed by atoms with van der Waals surface area (Å²) in [6, 6.07) is 8.23. The van der Waals surface area contributed by atoms with E-state index in [9.17, 15) is 5.26 Å². The van der Waals surface area contributed by atoms with Gasteiger partial charge in [0.15, 0.2) is 5.11 Å². The number of aryl methyl sites for hydroxylation is 2. The van der Waals surface area contributed by atoms with Gasteiger partial charge in [-0.05, 0) is 49.3 Å². The molecule has 0 aliphatic rings. The van der Waals surface area contributed by atoms with Crippen LogP contribution in [0.5, 0.6) is 0 Å². The van der Waals surface area contributed by atoms with Crippen molar-refractivity contribution in [3.63, 3.8) is 0 Å². The highest BCUT2D eigenvalue weighted by Crippen LogP contribution is 2.24. The van der Waals surface area contributed by atoms with Gasteiger partial charge in [0.25, 0.3) is 0 Å². The van der Waals surface area contributed by atoms with E-state index in [1.54, 1.807) is 7.05 Å². The third-order valence-electron chi connectivity index (χ3n) is 3.34. The Balaban J connectivity index is 2.22. The maximum atomic E-state index is 9.33. The molecule has 0 spiro atoms. The van der Waals surface area contributed by atoms with E-state index in [0.29, 0.717) is 29.6 Å². The molecular weight excluding hydrogens is 294 g/mol. The van der Waals surface area contributed by atoms with Gasteiger partial charge in [0.1, 0.15) is 11.9 Å². The maximum Gasteiger partial charge on any atom is 0.166 e. The number of fused-ring (bicyclic) bond motifs is 1. The number of nitrogens with one attached hydrogen (secondary N) is 3. The summed E-state index contributed by atoms with van der Waals surface area (Å²) in [6.07, 6.45) is 0. The third kappa shape index (κ3) is 3.62. The molecule has 5 nitrogen and oxygen atoms in total. The monoisotopic (exact) mass is 313 g/mol. The van der Waals surface area contributed by atoms with E-state index in [0.717, 1.165) is 22.0 Å². The first-order chi connectivity index (χ1) is 10.5. The minimum atomic E-state index is 0.552. The Morgan fingerprint density at radius 1 is 1.27 bits per heavy atom. The molecule has 0 amide bonds. The van der Waals surface area contributed by atoms with Crippen LogP contribution in [0.3, 0.4) is 0 Å². The fourth-order valence-electron chi connectivity index (χ4n) is 2.30. The molecular formula is C16H19N5S. The molecule has 2 rings (SSSR count). The van der Waals surface area contributed by atoms with E-state index in [4.69, 9.17) is 12.2 Å². The zero-order valence-corrected chi connectivity index (χ0v) is 13.8. The maximum absolute atomic E-state index is 9.33. The van der Waals surface area contributed by atoms with Crippen LogP contribution in [0.15, 0.2) is 18.2 Å². The Bertz CT molecular complexity index is 748. The summed E-state index contributed by atoms with van der Waals surface area (Å²) in [5.41, 5.74) is 3.74. The molecule has 3 N–H and O–H groups in total. The first-order valence-corrected chi connectivity index (χ1v) is 7.47. The number of nitriles is 1. The van der Waals surface area contributed by atoms with E-state index < -0.39 is 0 Å². The SMILES string of the molecule is CNC(=S)NCCNc1nc2cc(C)cc(C)c2cc1C#N. The Labute approximate surface area is 135 Å². The standard InChI is InChI=1S/C16H19N5S/c1-10-6-11(2)13-8-12(9-17)15(21-14(13)7-10)19-4-5-20-16(22)18-3/h6-8H,4-5H2,1-3H3,(H,19,21)(H2,18,20,22). The number of anilines is 1. The average Bonchev–Trinajstić information content (AvgIpc) is 2.50. The fraction of sp³-hybridized carbons (Fsp3) is 0.312. The summed E-state index contributed by atoms with van der Waals surface area (Å²) < 4.78 is 0. The lowest BCUT2D eigenvalue weighted by molar-refractivity contribution is 0.884. The average molecular weight is 313 g/mol. The van der Waals surface area contributed by atoms with Gasteiger partial charge in [0.05, 0.1) is 11.1 Å². The minimum absolute atomic E-state index is 0.552. The van der Waals surface area contributed by atoms with Crippen molar-refractivity contribution in [1.29, 1.82) is 5.26 Å². The Morgan fingerprint density at radius 2 is 2.05 bits per heavy atom. The predicted octanol–water partition coefficient (Wildman–Crippen LogP) is 2.23. The fourth-order valence-corrected chi connectivity index (χ4v) is 2.40. The second kappa shape index (κ2) is 7.05. The second-order valence-electron chi connectivity index (χ2n) is 5.08. The van der Waals surface area contributed by atoms with Crippen LogP contribution in [-0.4, -0.2) is 30.2 Å². The lowest BCUT2D eigenvalue weighted by Crippen LogP contribution is -2.35. The van der Waals surface area contributed by atoms with Crippen LogP contribution >= 0.6 is 12.2 Å². The van der Waals surface area contributed by atoms with Crippen LogP contribution in [0.4, 0.5) is 5.82 Å². The summed E-state index contributed by atoms with van der Waals surface area (Å²) >= 11 is 5.01. The molecule has 0 bridgehead atoms. The van der Waals surface area contributed by atoms with Gasteiger partial charge in [0, 0.05) is 25.5 Å². The van der Waals surface area contributed by atoms with Gasteiger partial charge in [-0.25, -0.2) is 4.98 Å². The van der Waals surface area contributed by atoms with Gasteiger partial charge >= 0.3 is 0 Å². The smallest absolute Gasteiger partial charge is 0.166 e. The van der Waals surface area contributed by atoms with Crippen molar-refractivity contribution >= 4 is 34.1 Å². The number of rotatable bonds is 4. The number of hydrogen-bond acceptors (Lipinski definition) is 4. The number of benzene rings is 1. The van der Waals surface area contributed by atoms with E-state index >= 15 is 0 Å². The number of thiocarbonyl (C=S) groups is 1. The van der Waals surface area contributed by atoms with Crippen LogP contribution in [0.2, 0.25) is 0 Å². The molecule has 0 radical (unpaired) electrons. The summed E-state index contributed by atoms with van der Waals surface area (Å²) in [4.78, 5) is 4.59.